The third-order valence-electron chi connectivity index (χ3n) is 4.84. The molecule has 156 valence electrons. The number of Topliss-reactive ketones (excluding diaryl/α,β-unsaturated/α-hetero) is 1. The van der Waals surface area contributed by atoms with Gasteiger partial charge in [0.15, 0.2) is 0 Å². The second-order valence-corrected chi connectivity index (χ2v) is 7.53. The van der Waals surface area contributed by atoms with Crippen molar-refractivity contribution < 1.29 is 19.5 Å². The number of fused-ring (bicyclic) bond motifs is 1. The summed E-state index contributed by atoms with van der Waals surface area (Å²) in [4.78, 5) is 36.4. The van der Waals surface area contributed by atoms with E-state index < -0.39 is 23.8 Å². The first-order valence-electron chi connectivity index (χ1n) is 9.78. The average Bonchev–Trinajstić information content (AvgIpc) is 2.71. The van der Waals surface area contributed by atoms with Crippen LogP contribution in [0.3, 0.4) is 0 Å². The Morgan fingerprint density at radius 1 is 1.07 bits per heavy atom. The Balaban J connectivity index is 1.94. The number of hydrogen-bond acceptors (Lipinski definition) is 5. The normalized spacial score (nSPS) is 13.0. The standard InChI is InChI=1S/C22H28N2O4S/c23-10-4-3-7-20(22(27)28)24-21(26)18(14-29)13-19(25)12-15-8-9-16-5-1-2-6-17(16)11-15/h1-2,5-6,8-9,11,18,20,29H,3-4,7,10,12-14,23H2,(H,24,26)(H,27,28)/t18?,20-/m0/s1. The van der Waals surface area contributed by atoms with Crippen molar-refractivity contribution in [3.8, 4) is 0 Å². The van der Waals surface area contributed by atoms with Crippen molar-refractivity contribution in [1.29, 1.82) is 0 Å². The van der Waals surface area contributed by atoms with Crippen molar-refractivity contribution in [2.45, 2.75) is 38.1 Å². The highest BCUT2D eigenvalue weighted by Crippen LogP contribution is 2.17. The van der Waals surface area contributed by atoms with Crippen molar-refractivity contribution >= 4 is 41.1 Å². The van der Waals surface area contributed by atoms with E-state index in [4.69, 9.17) is 5.73 Å². The topological polar surface area (TPSA) is 109 Å². The quantitative estimate of drug-likeness (QED) is 0.314. The summed E-state index contributed by atoms with van der Waals surface area (Å²) in [6.45, 7) is 0.475. The number of nitrogens with one attached hydrogen (secondary N) is 1. The van der Waals surface area contributed by atoms with Gasteiger partial charge in [0.05, 0.1) is 5.92 Å². The van der Waals surface area contributed by atoms with Gasteiger partial charge in [0, 0.05) is 18.6 Å². The van der Waals surface area contributed by atoms with Gasteiger partial charge in [-0.3, -0.25) is 9.59 Å². The van der Waals surface area contributed by atoms with Gasteiger partial charge in [0.25, 0.3) is 0 Å². The van der Waals surface area contributed by atoms with Crippen LogP contribution in [-0.2, 0) is 20.8 Å². The summed E-state index contributed by atoms with van der Waals surface area (Å²) in [6.07, 6.45) is 1.86. The largest absolute Gasteiger partial charge is 0.480 e. The minimum absolute atomic E-state index is 0.0251. The first-order valence-corrected chi connectivity index (χ1v) is 10.4. The molecular formula is C22H28N2O4S. The van der Waals surface area contributed by atoms with E-state index in [2.05, 4.69) is 17.9 Å². The van der Waals surface area contributed by atoms with E-state index in [0.29, 0.717) is 25.8 Å². The van der Waals surface area contributed by atoms with E-state index in [1.54, 1.807) is 0 Å². The second kappa shape index (κ2) is 11.6. The summed E-state index contributed by atoms with van der Waals surface area (Å²) in [6, 6.07) is 12.8. The van der Waals surface area contributed by atoms with E-state index in [1.807, 2.05) is 42.5 Å². The third kappa shape index (κ3) is 7.18. The number of ketones is 1. The number of unbranched alkanes of at least 4 members (excludes halogenated alkanes) is 1. The number of carboxylic acid groups (broad SMARTS) is 1. The zero-order valence-electron chi connectivity index (χ0n) is 16.3. The van der Waals surface area contributed by atoms with Crippen molar-refractivity contribution in [1.82, 2.24) is 5.32 Å². The number of carbonyl (C=O) groups excluding carboxylic acids is 2. The van der Waals surface area contributed by atoms with Crippen molar-refractivity contribution in [2.75, 3.05) is 12.3 Å². The minimum atomic E-state index is -1.09. The fourth-order valence-corrected chi connectivity index (χ4v) is 3.50. The van der Waals surface area contributed by atoms with Crippen LogP contribution in [0.25, 0.3) is 10.8 Å². The van der Waals surface area contributed by atoms with E-state index in [9.17, 15) is 19.5 Å². The predicted octanol–water partition coefficient (Wildman–Crippen LogP) is 2.59. The molecule has 0 heterocycles. The van der Waals surface area contributed by atoms with Crippen LogP contribution in [0.4, 0.5) is 0 Å². The lowest BCUT2D eigenvalue weighted by Crippen LogP contribution is -2.44. The highest BCUT2D eigenvalue weighted by molar-refractivity contribution is 7.80. The maximum atomic E-state index is 12.5. The maximum absolute atomic E-state index is 12.5. The van der Waals surface area contributed by atoms with Crippen LogP contribution in [0, 0.1) is 5.92 Å². The molecule has 7 heteroatoms. The number of amides is 1. The molecule has 2 atom stereocenters. The van der Waals surface area contributed by atoms with Crippen LogP contribution in [0.15, 0.2) is 42.5 Å². The van der Waals surface area contributed by atoms with E-state index in [0.717, 1.165) is 16.3 Å². The zero-order chi connectivity index (χ0) is 21.2. The monoisotopic (exact) mass is 416 g/mol. The van der Waals surface area contributed by atoms with Crippen LogP contribution < -0.4 is 11.1 Å². The maximum Gasteiger partial charge on any atom is 0.326 e. The smallest absolute Gasteiger partial charge is 0.326 e. The number of carbonyl (C=O) groups is 3. The summed E-state index contributed by atoms with van der Waals surface area (Å²) in [5.74, 6) is -2.11. The number of hydrogen-bond donors (Lipinski definition) is 4. The first-order chi connectivity index (χ1) is 13.9. The molecule has 1 unspecified atom stereocenters. The minimum Gasteiger partial charge on any atom is -0.480 e. The van der Waals surface area contributed by atoms with Crippen LogP contribution >= 0.6 is 12.6 Å². The van der Waals surface area contributed by atoms with Crippen molar-refractivity contribution in [3.63, 3.8) is 0 Å². The molecule has 0 saturated heterocycles. The second-order valence-electron chi connectivity index (χ2n) is 7.16. The summed E-state index contributed by atoms with van der Waals surface area (Å²) in [5.41, 5.74) is 6.31. The fourth-order valence-electron chi connectivity index (χ4n) is 3.20. The summed E-state index contributed by atoms with van der Waals surface area (Å²) < 4.78 is 0. The Hall–Kier alpha value is -2.38. The molecule has 0 aliphatic carbocycles. The summed E-state index contributed by atoms with van der Waals surface area (Å²) in [5, 5.41) is 14.0. The van der Waals surface area contributed by atoms with Gasteiger partial charge in [-0.1, -0.05) is 42.5 Å². The van der Waals surface area contributed by atoms with Gasteiger partial charge in [0.1, 0.15) is 11.8 Å². The Kier molecular flexibility index (Phi) is 9.15. The fraction of sp³-hybridized carbons (Fsp3) is 0.409. The highest BCUT2D eigenvalue weighted by Gasteiger charge is 2.26. The molecule has 0 saturated carbocycles. The molecule has 4 N–H and O–H groups in total. The van der Waals surface area contributed by atoms with E-state index >= 15 is 0 Å². The summed E-state index contributed by atoms with van der Waals surface area (Å²) in [7, 11) is 0. The molecule has 0 spiro atoms. The van der Waals surface area contributed by atoms with Gasteiger partial charge in [-0.15, -0.1) is 0 Å². The van der Waals surface area contributed by atoms with E-state index in [-0.39, 0.29) is 24.4 Å². The van der Waals surface area contributed by atoms with Gasteiger partial charge in [-0.05, 0) is 42.1 Å². The SMILES string of the molecule is NCCCC[C@H](NC(=O)C(CS)CC(=O)Cc1ccc2ccccc2c1)C(=O)O. The molecule has 1 amide bonds. The van der Waals surface area contributed by atoms with E-state index in [1.165, 1.54) is 0 Å². The van der Waals surface area contributed by atoms with Crippen molar-refractivity contribution in [3.05, 3.63) is 48.0 Å². The van der Waals surface area contributed by atoms with Gasteiger partial charge in [-0.2, -0.15) is 12.6 Å². The lowest BCUT2D eigenvalue weighted by atomic mass is 9.97. The highest BCUT2D eigenvalue weighted by atomic mass is 32.1. The third-order valence-corrected chi connectivity index (χ3v) is 5.28. The Morgan fingerprint density at radius 3 is 2.45 bits per heavy atom. The molecule has 0 bridgehead atoms. The number of benzene rings is 2. The molecule has 0 aromatic heterocycles. The number of aliphatic carboxylic acids is 1. The zero-order valence-corrected chi connectivity index (χ0v) is 17.2. The molecule has 0 aliphatic heterocycles. The number of thiol groups is 1. The average molecular weight is 417 g/mol. The predicted molar refractivity (Wildman–Crippen MR) is 117 cm³/mol. The number of nitrogens with two attached hydrogens (primary N) is 1. The van der Waals surface area contributed by atoms with Gasteiger partial charge < -0.3 is 16.2 Å². The molecule has 2 rings (SSSR count). The molecule has 0 aliphatic rings. The van der Waals surface area contributed by atoms with Gasteiger partial charge in [0.2, 0.25) is 5.91 Å². The Labute approximate surface area is 176 Å². The Morgan fingerprint density at radius 2 is 1.79 bits per heavy atom. The molecule has 0 fully saturated rings. The number of rotatable bonds is 12. The van der Waals surface area contributed by atoms with Crippen LogP contribution in [0.2, 0.25) is 0 Å². The number of carboxylic acids is 1. The Bertz CT molecular complexity index is 856. The molecule has 2 aromatic rings. The van der Waals surface area contributed by atoms with Gasteiger partial charge >= 0.3 is 5.97 Å². The first kappa shape index (κ1) is 22.9. The van der Waals surface area contributed by atoms with Crippen LogP contribution in [0.5, 0.6) is 0 Å². The lowest BCUT2D eigenvalue weighted by Gasteiger charge is -2.19. The molecule has 6 nitrogen and oxygen atoms in total. The van der Waals surface area contributed by atoms with Crippen molar-refractivity contribution in [2.24, 2.45) is 11.7 Å². The lowest BCUT2D eigenvalue weighted by molar-refractivity contribution is -0.142. The molecule has 29 heavy (non-hydrogen) atoms. The van der Waals surface area contributed by atoms with Crippen LogP contribution in [-0.4, -0.2) is 41.1 Å². The summed E-state index contributed by atoms with van der Waals surface area (Å²) >= 11 is 4.19. The molecule has 2 aromatic carbocycles. The van der Waals surface area contributed by atoms with Gasteiger partial charge in [-0.25, -0.2) is 4.79 Å². The molecular weight excluding hydrogens is 388 g/mol. The van der Waals surface area contributed by atoms with Crippen LogP contribution in [0.1, 0.15) is 31.2 Å². The molecule has 0 radical (unpaired) electrons.